The summed E-state index contributed by atoms with van der Waals surface area (Å²) in [5.74, 6) is 0.955. The van der Waals surface area contributed by atoms with E-state index in [4.69, 9.17) is 0 Å². The smallest absolute Gasteiger partial charge is 0.00385 e. The van der Waals surface area contributed by atoms with Crippen molar-refractivity contribution in [2.45, 2.75) is 73.3 Å². The number of hydrogen-bond donors (Lipinski definition) is 0. The van der Waals surface area contributed by atoms with Crippen LogP contribution in [0.2, 0.25) is 0 Å². The van der Waals surface area contributed by atoms with Crippen molar-refractivity contribution in [1.82, 2.24) is 9.80 Å². The Balaban J connectivity index is 0.000000956. The van der Waals surface area contributed by atoms with Gasteiger partial charge in [0.25, 0.3) is 0 Å². The van der Waals surface area contributed by atoms with Crippen molar-refractivity contribution in [2.24, 2.45) is 11.3 Å². The lowest BCUT2D eigenvalue weighted by Gasteiger charge is -2.44. The van der Waals surface area contributed by atoms with E-state index in [1.165, 1.54) is 58.4 Å². The van der Waals surface area contributed by atoms with Gasteiger partial charge in [-0.25, -0.2) is 0 Å². The monoisotopic (exact) mass is 282 g/mol. The Morgan fingerprint density at radius 1 is 1.00 bits per heavy atom. The molecule has 0 N–H and O–H groups in total. The van der Waals surface area contributed by atoms with E-state index in [1.807, 2.05) is 13.8 Å². The van der Waals surface area contributed by atoms with E-state index >= 15 is 0 Å². The second kappa shape index (κ2) is 8.38. The van der Waals surface area contributed by atoms with Crippen LogP contribution in [0.4, 0.5) is 0 Å². The van der Waals surface area contributed by atoms with Crippen LogP contribution in [0.3, 0.4) is 0 Å². The zero-order valence-corrected chi connectivity index (χ0v) is 14.9. The number of rotatable bonds is 3. The van der Waals surface area contributed by atoms with E-state index in [1.54, 1.807) is 0 Å². The van der Waals surface area contributed by atoms with Crippen LogP contribution in [-0.2, 0) is 0 Å². The average molecular weight is 283 g/mol. The Bertz CT molecular complexity index is 246. The van der Waals surface area contributed by atoms with Crippen molar-refractivity contribution in [3.63, 3.8) is 0 Å². The zero-order valence-electron chi connectivity index (χ0n) is 14.9. The van der Waals surface area contributed by atoms with Gasteiger partial charge in [0.1, 0.15) is 0 Å². The highest BCUT2D eigenvalue weighted by atomic mass is 15.2. The Morgan fingerprint density at radius 3 is 1.95 bits per heavy atom. The quantitative estimate of drug-likeness (QED) is 0.763. The second-order valence-electron chi connectivity index (χ2n) is 7.40. The van der Waals surface area contributed by atoms with Crippen molar-refractivity contribution in [2.75, 3.05) is 32.7 Å². The molecule has 0 spiro atoms. The first-order chi connectivity index (χ1) is 9.48. The van der Waals surface area contributed by atoms with E-state index in [9.17, 15) is 0 Å². The lowest BCUT2D eigenvalue weighted by atomic mass is 9.79. The van der Waals surface area contributed by atoms with E-state index < -0.39 is 0 Å². The van der Waals surface area contributed by atoms with E-state index in [-0.39, 0.29) is 0 Å². The molecule has 0 radical (unpaired) electrons. The number of likely N-dealkylation sites (tertiary alicyclic amines) is 2. The predicted molar refractivity (Wildman–Crippen MR) is 90.2 cm³/mol. The highest BCUT2D eigenvalue weighted by molar-refractivity contribution is 4.87. The molecule has 0 aromatic heterocycles. The Morgan fingerprint density at radius 2 is 1.50 bits per heavy atom. The molecule has 2 heteroatoms. The third-order valence-corrected chi connectivity index (χ3v) is 5.22. The van der Waals surface area contributed by atoms with Crippen LogP contribution in [0.1, 0.15) is 67.2 Å². The normalized spacial score (nSPS) is 25.4. The maximum Gasteiger partial charge on any atom is 0.00385 e. The van der Waals surface area contributed by atoms with Crippen molar-refractivity contribution >= 4 is 0 Å². The highest BCUT2D eigenvalue weighted by Crippen LogP contribution is 2.33. The number of piperidine rings is 2. The SMILES string of the molecule is CC.CC1CCN(CC2(C)CCN(C(C)C)CC2)CC1. The molecule has 20 heavy (non-hydrogen) atoms. The van der Waals surface area contributed by atoms with Crippen LogP contribution >= 0.6 is 0 Å². The number of nitrogens with zero attached hydrogens (tertiary/aromatic N) is 2. The molecule has 2 rings (SSSR count). The average Bonchev–Trinajstić information content (AvgIpc) is 2.44. The topological polar surface area (TPSA) is 6.48 Å². The molecule has 0 amide bonds. The first-order valence-corrected chi connectivity index (χ1v) is 8.95. The zero-order chi connectivity index (χ0) is 15.2. The summed E-state index contributed by atoms with van der Waals surface area (Å²) < 4.78 is 0. The van der Waals surface area contributed by atoms with Gasteiger partial charge in [-0.2, -0.15) is 0 Å². The second-order valence-corrected chi connectivity index (χ2v) is 7.40. The Hall–Kier alpha value is -0.0800. The maximum absolute atomic E-state index is 2.73. The van der Waals surface area contributed by atoms with Gasteiger partial charge in [-0.1, -0.05) is 27.7 Å². The lowest BCUT2D eigenvalue weighted by molar-refractivity contribution is 0.0499. The van der Waals surface area contributed by atoms with Crippen LogP contribution in [0, 0.1) is 11.3 Å². The molecular formula is C18H38N2. The third kappa shape index (κ3) is 5.37. The van der Waals surface area contributed by atoms with Gasteiger partial charge in [0, 0.05) is 12.6 Å². The van der Waals surface area contributed by atoms with Crippen molar-refractivity contribution < 1.29 is 0 Å². The number of hydrogen-bond acceptors (Lipinski definition) is 2. The van der Waals surface area contributed by atoms with Gasteiger partial charge in [0.15, 0.2) is 0 Å². The van der Waals surface area contributed by atoms with Gasteiger partial charge in [0.2, 0.25) is 0 Å². The fraction of sp³-hybridized carbons (Fsp3) is 1.00. The summed E-state index contributed by atoms with van der Waals surface area (Å²) in [6, 6.07) is 0.727. The van der Waals surface area contributed by atoms with Crippen molar-refractivity contribution in [1.29, 1.82) is 0 Å². The minimum atomic E-state index is 0.575. The largest absolute Gasteiger partial charge is 0.303 e. The molecule has 120 valence electrons. The van der Waals surface area contributed by atoms with Gasteiger partial charge in [-0.15, -0.1) is 0 Å². The molecule has 2 saturated heterocycles. The predicted octanol–water partition coefficient (Wildman–Crippen LogP) is 4.26. The molecule has 2 heterocycles. The third-order valence-electron chi connectivity index (χ3n) is 5.22. The summed E-state index contributed by atoms with van der Waals surface area (Å²) in [4.78, 5) is 5.37. The van der Waals surface area contributed by atoms with Gasteiger partial charge in [-0.3, -0.25) is 0 Å². The van der Waals surface area contributed by atoms with Gasteiger partial charge < -0.3 is 9.80 Å². The van der Waals surface area contributed by atoms with Gasteiger partial charge in [0.05, 0.1) is 0 Å². The van der Waals surface area contributed by atoms with E-state index in [2.05, 4.69) is 37.5 Å². The summed E-state index contributed by atoms with van der Waals surface area (Å²) in [6.45, 7) is 20.2. The van der Waals surface area contributed by atoms with E-state index in [0.29, 0.717) is 5.41 Å². The fourth-order valence-electron chi connectivity index (χ4n) is 3.50. The van der Waals surface area contributed by atoms with Crippen molar-refractivity contribution in [3.05, 3.63) is 0 Å². The molecule has 0 bridgehead atoms. The lowest BCUT2D eigenvalue weighted by Crippen LogP contribution is -2.48. The molecule has 0 atom stereocenters. The molecule has 2 aliphatic rings. The molecule has 0 aromatic rings. The first-order valence-electron chi connectivity index (χ1n) is 8.95. The molecule has 0 aromatic carbocycles. The molecular weight excluding hydrogens is 244 g/mol. The Labute approximate surface area is 127 Å². The molecule has 0 unspecified atom stereocenters. The van der Waals surface area contributed by atoms with E-state index in [0.717, 1.165) is 12.0 Å². The van der Waals surface area contributed by atoms with Crippen molar-refractivity contribution in [3.8, 4) is 0 Å². The van der Waals surface area contributed by atoms with Crippen LogP contribution < -0.4 is 0 Å². The Kier molecular flexibility index (Phi) is 7.53. The van der Waals surface area contributed by atoms with Crippen LogP contribution in [0.15, 0.2) is 0 Å². The summed E-state index contributed by atoms with van der Waals surface area (Å²) >= 11 is 0. The first kappa shape index (κ1) is 18.0. The molecule has 0 aliphatic carbocycles. The summed E-state index contributed by atoms with van der Waals surface area (Å²) in [5, 5.41) is 0. The van der Waals surface area contributed by atoms with Gasteiger partial charge in [-0.05, 0) is 77.0 Å². The summed E-state index contributed by atoms with van der Waals surface area (Å²) in [5.41, 5.74) is 0.575. The van der Waals surface area contributed by atoms with Gasteiger partial charge >= 0.3 is 0 Å². The minimum absolute atomic E-state index is 0.575. The summed E-state index contributed by atoms with van der Waals surface area (Å²) in [6.07, 6.45) is 5.59. The molecule has 0 saturated carbocycles. The minimum Gasteiger partial charge on any atom is -0.303 e. The fourth-order valence-corrected chi connectivity index (χ4v) is 3.50. The van der Waals surface area contributed by atoms with Crippen LogP contribution in [0.25, 0.3) is 0 Å². The highest BCUT2D eigenvalue weighted by Gasteiger charge is 2.33. The maximum atomic E-state index is 2.73. The molecule has 2 aliphatic heterocycles. The molecule has 2 fully saturated rings. The summed E-state index contributed by atoms with van der Waals surface area (Å²) in [7, 11) is 0. The molecule has 2 nitrogen and oxygen atoms in total. The van der Waals surface area contributed by atoms with Crippen LogP contribution in [0.5, 0.6) is 0 Å². The standard InChI is InChI=1S/C16H32N2.C2H6/c1-14(2)18-11-7-16(4,8-12-18)13-17-9-5-15(3)6-10-17;1-2/h14-15H,5-13H2,1-4H3;1-2H3. The van der Waals surface area contributed by atoms with Crippen LogP contribution in [-0.4, -0.2) is 48.6 Å².